The molecule has 1 aromatic carbocycles. The van der Waals surface area contributed by atoms with Gasteiger partial charge in [-0.25, -0.2) is 4.39 Å². The van der Waals surface area contributed by atoms with E-state index < -0.39 is 17.8 Å². The number of carbonyl (C=O) groups excluding carboxylic acids is 1. The maximum absolute atomic E-state index is 13.3. The zero-order chi connectivity index (χ0) is 12.1. The summed E-state index contributed by atoms with van der Waals surface area (Å²) in [6.07, 6.45) is -0.0175. The molecule has 4 nitrogen and oxygen atoms in total. The Morgan fingerprint density at radius 1 is 1.47 bits per heavy atom. The second kappa shape index (κ2) is 7.09. The lowest BCUT2D eigenvalue weighted by Crippen LogP contribution is -2.17. The molecule has 96 valence electrons. The largest absolute Gasteiger partial charge is 0.493 e. The van der Waals surface area contributed by atoms with Crippen LogP contribution in [0.4, 0.5) is 4.39 Å². The first-order valence-electron chi connectivity index (χ1n) is 4.75. The molecule has 2 N–H and O–H groups in total. The van der Waals surface area contributed by atoms with E-state index >= 15 is 0 Å². The Morgan fingerprint density at radius 3 is 2.65 bits per heavy atom. The van der Waals surface area contributed by atoms with Gasteiger partial charge in [0.25, 0.3) is 0 Å². The Kier molecular flexibility index (Phi) is 6.53. The summed E-state index contributed by atoms with van der Waals surface area (Å²) >= 11 is 0. The molecule has 0 spiro atoms. The number of para-hydroxylation sites is 1. The van der Waals surface area contributed by atoms with Gasteiger partial charge >= 0.3 is 5.97 Å². The molecule has 0 aliphatic rings. The number of halogens is 2. The lowest BCUT2D eigenvalue weighted by Gasteiger charge is -2.14. The van der Waals surface area contributed by atoms with Crippen molar-refractivity contribution in [1.29, 1.82) is 0 Å². The van der Waals surface area contributed by atoms with Gasteiger partial charge in [0.2, 0.25) is 0 Å². The van der Waals surface area contributed by atoms with Crippen LogP contribution in [-0.4, -0.2) is 20.2 Å². The fraction of sp³-hybridized carbons (Fsp3) is 0.364. The summed E-state index contributed by atoms with van der Waals surface area (Å²) in [7, 11) is 2.63. The second-order valence-electron chi connectivity index (χ2n) is 3.25. The zero-order valence-electron chi connectivity index (χ0n) is 9.60. The highest BCUT2D eigenvalue weighted by molar-refractivity contribution is 5.85. The Labute approximate surface area is 105 Å². The standard InChI is InChI=1S/C11H14FNO3.ClH/c1-15-10(14)6-9(13)7-4-3-5-8(12)11(7)16-2;/h3-5,9H,6,13H2,1-2H3;1H/t9-;/m1./s1. The third-order valence-corrected chi connectivity index (χ3v) is 2.22. The minimum absolute atomic E-state index is 0. The molecule has 1 rings (SSSR count). The first-order valence-corrected chi connectivity index (χ1v) is 4.75. The SMILES string of the molecule is COC(=O)C[C@@H](N)c1cccc(F)c1OC.Cl. The summed E-state index contributed by atoms with van der Waals surface area (Å²) in [5, 5.41) is 0. The number of methoxy groups -OCH3 is 2. The van der Waals surface area contributed by atoms with Crippen molar-refractivity contribution < 1.29 is 18.7 Å². The number of esters is 1. The number of benzene rings is 1. The molecular formula is C11H15ClFNO3. The number of nitrogens with two attached hydrogens (primary N) is 1. The molecule has 0 saturated heterocycles. The Hall–Kier alpha value is -1.33. The molecule has 17 heavy (non-hydrogen) atoms. The average Bonchev–Trinajstić information content (AvgIpc) is 2.28. The lowest BCUT2D eigenvalue weighted by molar-refractivity contribution is -0.141. The maximum Gasteiger partial charge on any atom is 0.307 e. The predicted octanol–water partition coefficient (Wildman–Crippen LogP) is 1.82. The minimum Gasteiger partial charge on any atom is -0.493 e. The fourth-order valence-corrected chi connectivity index (χ4v) is 1.41. The minimum atomic E-state index is -0.641. The van der Waals surface area contributed by atoms with E-state index in [1.54, 1.807) is 6.07 Å². The van der Waals surface area contributed by atoms with E-state index in [0.717, 1.165) is 0 Å². The van der Waals surface area contributed by atoms with E-state index in [9.17, 15) is 9.18 Å². The lowest BCUT2D eigenvalue weighted by atomic mass is 10.0. The quantitative estimate of drug-likeness (QED) is 0.842. The molecule has 0 aliphatic carbocycles. The van der Waals surface area contributed by atoms with Gasteiger partial charge in [0.1, 0.15) is 0 Å². The van der Waals surface area contributed by atoms with E-state index in [4.69, 9.17) is 10.5 Å². The number of ether oxygens (including phenoxy) is 2. The zero-order valence-corrected chi connectivity index (χ0v) is 10.4. The smallest absolute Gasteiger partial charge is 0.307 e. The van der Waals surface area contributed by atoms with Gasteiger partial charge in [0.05, 0.1) is 20.6 Å². The second-order valence-corrected chi connectivity index (χ2v) is 3.25. The summed E-state index contributed by atoms with van der Waals surface area (Å²) in [5.41, 5.74) is 6.22. The Bertz CT molecular complexity index is 387. The van der Waals surface area contributed by atoms with Crippen LogP contribution in [0.1, 0.15) is 18.0 Å². The molecule has 0 aliphatic heterocycles. The highest BCUT2D eigenvalue weighted by atomic mass is 35.5. The van der Waals surface area contributed by atoms with E-state index in [2.05, 4.69) is 4.74 Å². The van der Waals surface area contributed by atoms with Crippen LogP contribution in [0.15, 0.2) is 18.2 Å². The first kappa shape index (κ1) is 15.7. The van der Waals surface area contributed by atoms with Crippen molar-refractivity contribution in [3.05, 3.63) is 29.6 Å². The van der Waals surface area contributed by atoms with Crippen molar-refractivity contribution in [2.75, 3.05) is 14.2 Å². The van der Waals surface area contributed by atoms with Crippen LogP contribution >= 0.6 is 12.4 Å². The number of carbonyl (C=O) groups is 1. The van der Waals surface area contributed by atoms with Crippen molar-refractivity contribution in [3.63, 3.8) is 0 Å². The van der Waals surface area contributed by atoms with Crippen LogP contribution in [0.3, 0.4) is 0 Å². The van der Waals surface area contributed by atoms with Gasteiger partial charge in [-0.2, -0.15) is 0 Å². The van der Waals surface area contributed by atoms with Crippen molar-refractivity contribution >= 4 is 18.4 Å². The van der Waals surface area contributed by atoms with Crippen LogP contribution in [0.2, 0.25) is 0 Å². The van der Waals surface area contributed by atoms with E-state index in [0.29, 0.717) is 5.56 Å². The molecule has 1 atom stereocenters. The molecule has 6 heteroatoms. The summed E-state index contributed by atoms with van der Waals surface area (Å²) in [6.45, 7) is 0. The molecule has 0 saturated carbocycles. The van der Waals surface area contributed by atoms with Gasteiger partial charge in [-0.05, 0) is 6.07 Å². The number of rotatable bonds is 4. The highest BCUT2D eigenvalue weighted by Gasteiger charge is 2.18. The van der Waals surface area contributed by atoms with Gasteiger partial charge in [-0.1, -0.05) is 12.1 Å². The van der Waals surface area contributed by atoms with Crippen molar-refractivity contribution in [3.8, 4) is 5.75 Å². The van der Waals surface area contributed by atoms with Crippen LogP contribution < -0.4 is 10.5 Å². The molecule has 0 radical (unpaired) electrons. The van der Waals surface area contributed by atoms with Crippen LogP contribution in [0.5, 0.6) is 5.75 Å². The van der Waals surface area contributed by atoms with E-state index in [1.807, 2.05) is 0 Å². The van der Waals surface area contributed by atoms with Gasteiger partial charge in [0.15, 0.2) is 11.6 Å². The molecular weight excluding hydrogens is 249 g/mol. The summed E-state index contributed by atoms with van der Waals surface area (Å²) in [4.78, 5) is 11.0. The first-order chi connectivity index (χ1) is 7.60. The van der Waals surface area contributed by atoms with Crippen LogP contribution in [0, 0.1) is 5.82 Å². The average molecular weight is 264 g/mol. The number of hydrogen-bond donors (Lipinski definition) is 1. The molecule has 0 heterocycles. The molecule has 0 amide bonds. The highest BCUT2D eigenvalue weighted by Crippen LogP contribution is 2.28. The van der Waals surface area contributed by atoms with Gasteiger partial charge < -0.3 is 15.2 Å². The Balaban J connectivity index is 0.00000256. The molecule has 0 fully saturated rings. The molecule has 0 aromatic heterocycles. The van der Waals surface area contributed by atoms with Gasteiger partial charge in [0, 0.05) is 11.6 Å². The summed E-state index contributed by atoms with van der Waals surface area (Å²) in [5.74, 6) is -0.877. The normalized spacial score (nSPS) is 11.3. The third-order valence-electron chi connectivity index (χ3n) is 2.22. The van der Waals surface area contributed by atoms with Crippen LogP contribution in [-0.2, 0) is 9.53 Å². The molecule has 0 unspecified atom stereocenters. The van der Waals surface area contributed by atoms with Gasteiger partial charge in [-0.15, -0.1) is 12.4 Å². The monoisotopic (exact) mass is 263 g/mol. The number of hydrogen-bond acceptors (Lipinski definition) is 4. The van der Waals surface area contributed by atoms with Crippen molar-refractivity contribution in [2.24, 2.45) is 5.73 Å². The van der Waals surface area contributed by atoms with Crippen molar-refractivity contribution in [2.45, 2.75) is 12.5 Å². The third kappa shape index (κ3) is 3.87. The van der Waals surface area contributed by atoms with E-state index in [1.165, 1.54) is 26.4 Å². The van der Waals surface area contributed by atoms with Crippen molar-refractivity contribution in [1.82, 2.24) is 0 Å². The summed E-state index contributed by atoms with van der Waals surface area (Å²) < 4.78 is 22.7. The molecule has 0 bridgehead atoms. The predicted molar refractivity (Wildman–Crippen MR) is 63.8 cm³/mol. The van der Waals surface area contributed by atoms with Crippen LogP contribution in [0.25, 0.3) is 0 Å². The van der Waals surface area contributed by atoms with E-state index in [-0.39, 0.29) is 24.6 Å². The van der Waals surface area contributed by atoms with Gasteiger partial charge in [-0.3, -0.25) is 4.79 Å². The molecule has 1 aromatic rings. The fourth-order valence-electron chi connectivity index (χ4n) is 1.41. The Morgan fingerprint density at radius 2 is 2.12 bits per heavy atom. The topological polar surface area (TPSA) is 61.5 Å². The maximum atomic E-state index is 13.3. The summed E-state index contributed by atoms with van der Waals surface area (Å²) in [6, 6.07) is 3.77.